The molecule has 2 aliphatic rings. The summed E-state index contributed by atoms with van der Waals surface area (Å²) in [6, 6.07) is -0.0617. The normalized spacial score (nSPS) is 22.8. The number of anilines is 1. The Bertz CT molecular complexity index is 951. The Morgan fingerprint density at radius 3 is 2.90 bits per heavy atom. The summed E-state index contributed by atoms with van der Waals surface area (Å²) in [7, 11) is 3.93. The van der Waals surface area contributed by atoms with Gasteiger partial charge in [0.1, 0.15) is 5.65 Å². The third-order valence-corrected chi connectivity index (χ3v) is 6.45. The second-order valence-electron chi connectivity index (χ2n) is 8.81. The Kier molecular flexibility index (Phi) is 6.57. The number of likely N-dealkylation sites (tertiary alicyclic amines) is 1. The molecule has 2 atom stereocenters. The number of halogens is 1. The number of H-pyrrole nitrogens is 1. The standard InChI is InChI=1S/C23H32FN5O2/c1-15-19(6-10-29(15)20(30)5-4-9-28(2)3)27-22-18(24)14-26-23-21(22)17(13-25-23)16-7-11-31-12-8-16/h4-5,13-16,19H,6-12H2,1-3H3,(H2,25,26,27)/b5-4+/t15-,19-/m1/s1. The molecule has 0 aromatic carbocycles. The van der Waals surface area contributed by atoms with Crippen LogP contribution in [0.25, 0.3) is 11.0 Å². The van der Waals surface area contributed by atoms with E-state index in [1.807, 2.05) is 43.1 Å². The summed E-state index contributed by atoms with van der Waals surface area (Å²) in [4.78, 5) is 24.0. The molecule has 2 aromatic rings. The molecular formula is C23H32FN5O2. The average molecular weight is 430 g/mol. The molecule has 31 heavy (non-hydrogen) atoms. The zero-order chi connectivity index (χ0) is 22.0. The lowest BCUT2D eigenvalue weighted by Crippen LogP contribution is -2.39. The monoisotopic (exact) mass is 429 g/mol. The molecule has 7 nitrogen and oxygen atoms in total. The summed E-state index contributed by atoms with van der Waals surface area (Å²) in [5, 5.41) is 4.26. The van der Waals surface area contributed by atoms with Crippen LogP contribution in [-0.4, -0.2) is 78.2 Å². The van der Waals surface area contributed by atoms with E-state index in [0.29, 0.717) is 23.8 Å². The Labute approximate surface area is 182 Å². The molecule has 1 amide bonds. The topological polar surface area (TPSA) is 73.5 Å². The van der Waals surface area contributed by atoms with Crippen LogP contribution in [-0.2, 0) is 9.53 Å². The minimum absolute atomic E-state index is 0.00327. The molecule has 4 heterocycles. The first-order valence-corrected chi connectivity index (χ1v) is 11.1. The molecule has 8 heteroatoms. The quantitative estimate of drug-likeness (QED) is 0.691. The van der Waals surface area contributed by atoms with Gasteiger partial charge in [0.25, 0.3) is 0 Å². The van der Waals surface area contributed by atoms with E-state index in [9.17, 15) is 9.18 Å². The van der Waals surface area contributed by atoms with Crippen LogP contribution in [0.1, 0.15) is 37.7 Å². The van der Waals surface area contributed by atoms with E-state index in [1.54, 1.807) is 6.08 Å². The number of carbonyl (C=O) groups excluding carboxylic acids is 1. The van der Waals surface area contributed by atoms with Crippen LogP contribution in [0.15, 0.2) is 24.5 Å². The van der Waals surface area contributed by atoms with Gasteiger partial charge in [0, 0.05) is 56.0 Å². The number of likely N-dealkylation sites (N-methyl/N-ethyl adjacent to an activating group) is 1. The summed E-state index contributed by atoms with van der Waals surface area (Å²) in [6.45, 7) is 4.84. The second kappa shape index (κ2) is 9.36. The van der Waals surface area contributed by atoms with E-state index in [-0.39, 0.29) is 23.8 Å². The van der Waals surface area contributed by atoms with E-state index < -0.39 is 0 Å². The van der Waals surface area contributed by atoms with Crippen molar-refractivity contribution in [2.24, 2.45) is 0 Å². The SMILES string of the molecule is C[C@@H]1[C@H](Nc2c(F)cnc3[nH]cc(C4CCOCC4)c23)CCN1C(=O)/C=C/CN(C)C. The second-order valence-corrected chi connectivity index (χ2v) is 8.81. The molecule has 2 aromatic heterocycles. The predicted octanol–water partition coefficient (Wildman–Crippen LogP) is 3.12. The molecule has 0 radical (unpaired) electrons. The Morgan fingerprint density at radius 2 is 2.16 bits per heavy atom. The molecule has 0 bridgehead atoms. The zero-order valence-corrected chi connectivity index (χ0v) is 18.5. The van der Waals surface area contributed by atoms with Crippen LogP contribution >= 0.6 is 0 Å². The van der Waals surface area contributed by atoms with Crippen LogP contribution in [0.4, 0.5) is 10.1 Å². The predicted molar refractivity (Wildman–Crippen MR) is 120 cm³/mol. The van der Waals surface area contributed by atoms with E-state index >= 15 is 0 Å². The summed E-state index contributed by atoms with van der Waals surface area (Å²) >= 11 is 0. The lowest BCUT2D eigenvalue weighted by molar-refractivity contribution is -0.126. The van der Waals surface area contributed by atoms with E-state index in [2.05, 4.69) is 15.3 Å². The van der Waals surface area contributed by atoms with Crippen molar-refractivity contribution in [3.63, 3.8) is 0 Å². The van der Waals surface area contributed by atoms with Gasteiger partial charge >= 0.3 is 0 Å². The highest BCUT2D eigenvalue weighted by atomic mass is 19.1. The number of fused-ring (bicyclic) bond motifs is 1. The maximum atomic E-state index is 15.0. The first-order valence-electron chi connectivity index (χ1n) is 11.1. The molecule has 2 fully saturated rings. The van der Waals surface area contributed by atoms with Gasteiger partial charge in [0.05, 0.1) is 11.9 Å². The number of hydrogen-bond acceptors (Lipinski definition) is 5. The fourth-order valence-electron chi connectivity index (χ4n) is 4.66. The highest BCUT2D eigenvalue weighted by Gasteiger charge is 2.34. The van der Waals surface area contributed by atoms with Gasteiger partial charge < -0.3 is 24.8 Å². The largest absolute Gasteiger partial charge is 0.381 e. The molecule has 0 unspecified atom stereocenters. The van der Waals surface area contributed by atoms with Gasteiger partial charge in [-0.15, -0.1) is 0 Å². The number of ether oxygens (including phenoxy) is 1. The van der Waals surface area contributed by atoms with E-state index in [0.717, 1.165) is 50.0 Å². The fourth-order valence-corrected chi connectivity index (χ4v) is 4.66. The molecule has 4 rings (SSSR count). The van der Waals surface area contributed by atoms with Crippen LogP contribution < -0.4 is 5.32 Å². The van der Waals surface area contributed by atoms with Gasteiger partial charge in [-0.05, 0) is 51.8 Å². The van der Waals surface area contributed by atoms with Crippen molar-refractivity contribution in [1.29, 1.82) is 0 Å². The molecule has 168 valence electrons. The van der Waals surface area contributed by atoms with Crippen molar-refractivity contribution < 1.29 is 13.9 Å². The number of pyridine rings is 1. The minimum Gasteiger partial charge on any atom is -0.381 e. The Hall–Kier alpha value is -2.45. The zero-order valence-electron chi connectivity index (χ0n) is 18.5. The Balaban J connectivity index is 1.54. The molecule has 0 saturated carbocycles. The van der Waals surface area contributed by atoms with Crippen LogP contribution in [0.3, 0.4) is 0 Å². The highest BCUT2D eigenvalue weighted by molar-refractivity contribution is 5.93. The number of carbonyl (C=O) groups is 1. The van der Waals surface area contributed by atoms with Crippen molar-refractivity contribution in [2.75, 3.05) is 45.7 Å². The lowest BCUT2D eigenvalue weighted by Gasteiger charge is -2.26. The van der Waals surface area contributed by atoms with Gasteiger partial charge in [-0.1, -0.05) is 6.08 Å². The number of aromatic nitrogens is 2. The third kappa shape index (κ3) is 4.60. The van der Waals surface area contributed by atoms with Gasteiger partial charge in [-0.2, -0.15) is 0 Å². The van der Waals surface area contributed by atoms with Crippen molar-refractivity contribution in [3.05, 3.63) is 35.9 Å². The van der Waals surface area contributed by atoms with Gasteiger partial charge in [0.15, 0.2) is 5.82 Å². The molecular weight excluding hydrogens is 397 g/mol. The number of nitrogens with one attached hydrogen (secondary N) is 2. The first kappa shape index (κ1) is 21.8. The molecule has 0 spiro atoms. The van der Waals surface area contributed by atoms with Crippen molar-refractivity contribution in [3.8, 4) is 0 Å². The highest BCUT2D eigenvalue weighted by Crippen LogP contribution is 2.37. The fraction of sp³-hybridized carbons (Fsp3) is 0.565. The maximum Gasteiger partial charge on any atom is 0.246 e. The van der Waals surface area contributed by atoms with Crippen molar-refractivity contribution >= 4 is 22.6 Å². The van der Waals surface area contributed by atoms with Gasteiger partial charge in [0.2, 0.25) is 5.91 Å². The molecule has 2 N–H and O–H groups in total. The summed E-state index contributed by atoms with van der Waals surface area (Å²) < 4.78 is 20.5. The third-order valence-electron chi connectivity index (χ3n) is 6.45. The van der Waals surface area contributed by atoms with Crippen LogP contribution in [0, 0.1) is 5.82 Å². The minimum atomic E-state index is -0.358. The van der Waals surface area contributed by atoms with Gasteiger partial charge in [-0.3, -0.25) is 4.79 Å². The smallest absolute Gasteiger partial charge is 0.246 e. The lowest BCUT2D eigenvalue weighted by atomic mass is 9.91. The number of rotatable bonds is 6. The molecule has 0 aliphatic carbocycles. The summed E-state index contributed by atoms with van der Waals surface area (Å²) in [5.41, 5.74) is 2.27. The van der Waals surface area contributed by atoms with E-state index in [4.69, 9.17) is 4.74 Å². The van der Waals surface area contributed by atoms with Crippen molar-refractivity contribution in [1.82, 2.24) is 19.8 Å². The first-order chi connectivity index (χ1) is 15.0. The average Bonchev–Trinajstić information content (AvgIpc) is 3.34. The summed E-state index contributed by atoms with van der Waals surface area (Å²) in [6.07, 6.45) is 9.36. The number of aromatic amines is 1. The molecule has 2 aliphatic heterocycles. The van der Waals surface area contributed by atoms with Crippen LogP contribution in [0.2, 0.25) is 0 Å². The van der Waals surface area contributed by atoms with Crippen LogP contribution in [0.5, 0.6) is 0 Å². The number of amides is 1. The summed E-state index contributed by atoms with van der Waals surface area (Å²) in [5.74, 6) is -0.0284. The number of hydrogen-bond donors (Lipinski definition) is 2. The van der Waals surface area contributed by atoms with Crippen molar-refractivity contribution in [2.45, 2.75) is 44.2 Å². The van der Waals surface area contributed by atoms with E-state index in [1.165, 1.54) is 6.20 Å². The molecule has 2 saturated heterocycles. The maximum absolute atomic E-state index is 15.0. The van der Waals surface area contributed by atoms with Gasteiger partial charge in [-0.25, -0.2) is 9.37 Å². The number of nitrogens with zero attached hydrogens (tertiary/aromatic N) is 3. The Morgan fingerprint density at radius 1 is 1.39 bits per heavy atom.